The lowest BCUT2D eigenvalue weighted by Gasteiger charge is -2.52. The molecule has 2 aliphatic rings. The highest BCUT2D eigenvalue weighted by atomic mass is 35.5. The molecule has 0 saturated carbocycles. The third-order valence-corrected chi connectivity index (χ3v) is 8.63. The average molecular weight is 589 g/mol. The van der Waals surface area contributed by atoms with Gasteiger partial charge in [-0.25, -0.2) is 4.68 Å². The summed E-state index contributed by atoms with van der Waals surface area (Å²) < 4.78 is 1.91. The van der Waals surface area contributed by atoms with Gasteiger partial charge in [0.2, 0.25) is 11.8 Å². The summed E-state index contributed by atoms with van der Waals surface area (Å²) >= 11 is 0. The van der Waals surface area contributed by atoms with Crippen LogP contribution in [0.5, 0.6) is 0 Å². The Hall–Kier alpha value is -2.95. The van der Waals surface area contributed by atoms with Crippen LogP contribution in [0.3, 0.4) is 0 Å². The molecule has 0 bridgehead atoms. The van der Waals surface area contributed by atoms with E-state index in [0.717, 1.165) is 35.5 Å². The van der Waals surface area contributed by atoms with Crippen molar-refractivity contribution in [3.63, 3.8) is 0 Å². The first-order chi connectivity index (χ1) is 19.0. The number of likely N-dealkylation sites (tertiary alicyclic amines) is 1. The first-order valence-corrected chi connectivity index (χ1v) is 14.4. The highest BCUT2D eigenvalue weighted by molar-refractivity contribution is 6.00. The first kappa shape index (κ1) is 32.6. The Labute approximate surface area is 249 Å². The van der Waals surface area contributed by atoms with Crippen LogP contribution in [0.4, 0.5) is 0 Å². The predicted octanol–water partition coefficient (Wildman–Crippen LogP) is 2.75. The van der Waals surface area contributed by atoms with Gasteiger partial charge in [-0.1, -0.05) is 27.2 Å². The number of piperazine rings is 1. The summed E-state index contributed by atoms with van der Waals surface area (Å²) in [5.41, 5.74) is 3.72. The molecular weight excluding hydrogens is 544 g/mol. The van der Waals surface area contributed by atoms with E-state index in [1.54, 1.807) is 24.1 Å². The Kier molecular flexibility index (Phi) is 10.6. The minimum Gasteiger partial charge on any atom is -0.390 e. The summed E-state index contributed by atoms with van der Waals surface area (Å²) in [7, 11) is 1.61. The monoisotopic (exact) mass is 588 g/mol. The zero-order valence-electron chi connectivity index (χ0n) is 25.1. The number of nitrogens with one attached hydrogen (secondary N) is 2. The molecule has 226 valence electrons. The third-order valence-electron chi connectivity index (χ3n) is 8.63. The second kappa shape index (κ2) is 13.4. The van der Waals surface area contributed by atoms with Crippen LogP contribution in [-0.2, 0) is 16.1 Å². The Morgan fingerprint density at radius 3 is 2.37 bits per heavy atom. The summed E-state index contributed by atoms with van der Waals surface area (Å²) in [6.45, 7) is 12.4. The lowest BCUT2D eigenvalue weighted by Crippen LogP contribution is -2.74. The van der Waals surface area contributed by atoms with Gasteiger partial charge in [-0.2, -0.15) is 5.10 Å². The van der Waals surface area contributed by atoms with Crippen LogP contribution in [0.25, 0.3) is 5.69 Å². The molecule has 0 radical (unpaired) electrons. The number of amides is 3. The molecule has 2 aromatic rings. The fourth-order valence-corrected chi connectivity index (χ4v) is 5.95. The lowest BCUT2D eigenvalue weighted by molar-refractivity contribution is -0.165. The van der Waals surface area contributed by atoms with E-state index in [2.05, 4.69) is 22.5 Å². The Balaban J connectivity index is 0.00000462. The zero-order valence-corrected chi connectivity index (χ0v) is 25.9. The summed E-state index contributed by atoms with van der Waals surface area (Å²) in [4.78, 5) is 43.2. The van der Waals surface area contributed by atoms with E-state index in [1.807, 2.05) is 44.5 Å². The number of aromatic nitrogens is 2. The number of halogens is 1. The van der Waals surface area contributed by atoms with Gasteiger partial charge >= 0.3 is 0 Å². The van der Waals surface area contributed by atoms with Gasteiger partial charge in [0, 0.05) is 50.0 Å². The number of hydrogen-bond donors (Lipinski definition) is 3. The molecule has 4 rings (SSSR count). The van der Waals surface area contributed by atoms with Gasteiger partial charge in [-0.05, 0) is 63.3 Å². The fourth-order valence-electron chi connectivity index (χ4n) is 5.95. The summed E-state index contributed by atoms with van der Waals surface area (Å²) in [5.74, 6) is -0.581. The Morgan fingerprint density at radius 1 is 1.17 bits per heavy atom. The number of aliphatic hydroxyl groups is 1. The van der Waals surface area contributed by atoms with Crippen LogP contribution in [0.1, 0.15) is 73.8 Å². The van der Waals surface area contributed by atoms with Crippen molar-refractivity contribution in [2.45, 2.75) is 84.5 Å². The molecule has 11 heteroatoms. The minimum atomic E-state index is -0.916. The maximum Gasteiger partial charge on any atom is 0.251 e. The van der Waals surface area contributed by atoms with Crippen molar-refractivity contribution in [2.24, 2.45) is 5.92 Å². The van der Waals surface area contributed by atoms with Crippen molar-refractivity contribution in [3.8, 4) is 5.69 Å². The second-order valence-corrected chi connectivity index (χ2v) is 11.5. The topological polar surface area (TPSA) is 120 Å². The van der Waals surface area contributed by atoms with Gasteiger partial charge in [0.05, 0.1) is 17.5 Å². The number of aliphatic hydroxyl groups excluding tert-OH is 1. The van der Waals surface area contributed by atoms with Crippen LogP contribution < -0.4 is 10.6 Å². The van der Waals surface area contributed by atoms with Crippen molar-refractivity contribution in [1.29, 1.82) is 0 Å². The first-order valence-electron chi connectivity index (χ1n) is 14.4. The largest absolute Gasteiger partial charge is 0.390 e. The van der Waals surface area contributed by atoms with Crippen LogP contribution in [0.15, 0.2) is 24.3 Å². The van der Waals surface area contributed by atoms with Crippen molar-refractivity contribution in [2.75, 3.05) is 26.7 Å². The maximum atomic E-state index is 13.6. The zero-order chi connectivity index (χ0) is 29.2. The molecule has 41 heavy (non-hydrogen) atoms. The number of carbonyl (C=O) groups excluding carboxylic acids is 3. The van der Waals surface area contributed by atoms with Crippen LogP contribution in [0.2, 0.25) is 0 Å². The Morgan fingerprint density at radius 2 is 1.80 bits per heavy atom. The maximum absolute atomic E-state index is 13.6. The van der Waals surface area contributed by atoms with E-state index in [9.17, 15) is 19.5 Å². The van der Waals surface area contributed by atoms with Gasteiger partial charge in [-0.3, -0.25) is 19.3 Å². The molecule has 1 aromatic carbocycles. The molecular formula is C30H45ClN6O4. The van der Waals surface area contributed by atoms with Crippen molar-refractivity contribution in [1.82, 2.24) is 30.2 Å². The molecule has 1 aromatic heterocycles. The van der Waals surface area contributed by atoms with E-state index in [4.69, 9.17) is 5.10 Å². The molecule has 3 heterocycles. The average Bonchev–Trinajstić information content (AvgIpc) is 3.23. The molecule has 0 aliphatic carbocycles. The number of aryl methyl sites for hydroxylation is 1. The van der Waals surface area contributed by atoms with Crippen LogP contribution in [-0.4, -0.2) is 86.8 Å². The van der Waals surface area contributed by atoms with E-state index in [-0.39, 0.29) is 36.0 Å². The summed E-state index contributed by atoms with van der Waals surface area (Å²) in [5, 5.41) is 21.0. The van der Waals surface area contributed by atoms with Gasteiger partial charge in [0.25, 0.3) is 5.91 Å². The van der Waals surface area contributed by atoms with Crippen LogP contribution in [0, 0.1) is 19.8 Å². The second-order valence-electron chi connectivity index (χ2n) is 11.5. The Bertz CT molecular complexity index is 1240. The minimum absolute atomic E-state index is 0. The molecule has 2 saturated heterocycles. The number of unbranched alkanes of at least 4 members (excludes halogenated alkanes) is 1. The number of rotatable bonds is 9. The van der Waals surface area contributed by atoms with E-state index >= 15 is 0 Å². The van der Waals surface area contributed by atoms with Gasteiger partial charge in [0.1, 0.15) is 11.6 Å². The van der Waals surface area contributed by atoms with Gasteiger partial charge in [0.15, 0.2) is 0 Å². The molecule has 2 atom stereocenters. The molecule has 3 N–H and O–H groups in total. The van der Waals surface area contributed by atoms with E-state index < -0.39 is 17.7 Å². The van der Waals surface area contributed by atoms with Crippen LogP contribution >= 0.6 is 12.4 Å². The molecule has 0 unspecified atom stereocenters. The SMILES string of the molecule is CCCCN1C(=O)[C@@H]([C@H](O)C(C)C)NC(=O)C12CCN(Cc1c(C)nn(-c3ccc(C(=O)NC)cc3)c1C)CC2.Cl. The van der Waals surface area contributed by atoms with Crippen molar-refractivity contribution in [3.05, 3.63) is 46.8 Å². The number of nitrogens with zero attached hydrogens (tertiary/aromatic N) is 4. The molecule has 2 fully saturated rings. The quantitative estimate of drug-likeness (QED) is 0.414. The molecule has 2 aliphatic heterocycles. The summed E-state index contributed by atoms with van der Waals surface area (Å²) in [6.07, 6.45) is 1.91. The normalized spacial score (nSPS) is 19.7. The number of hydrogen-bond acceptors (Lipinski definition) is 6. The lowest BCUT2D eigenvalue weighted by atomic mass is 9.80. The molecule has 3 amide bonds. The highest BCUT2D eigenvalue weighted by Gasteiger charge is 2.54. The predicted molar refractivity (Wildman–Crippen MR) is 160 cm³/mol. The molecule has 1 spiro atoms. The highest BCUT2D eigenvalue weighted by Crippen LogP contribution is 2.35. The van der Waals surface area contributed by atoms with Gasteiger partial charge in [-0.15, -0.1) is 12.4 Å². The number of benzene rings is 1. The molecule has 10 nitrogen and oxygen atoms in total. The fraction of sp³-hybridized carbons (Fsp3) is 0.600. The van der Waals surface area contributed by atoms with E-state index in [0.29, 0.717) is 44.6 Å². The number of carbonyl (C=O) groups is 3. The van der Waals surface area contributed by atoms with E-state index in [1.165, 1.54) is 0 Å². The van der Waals surface area contributed by atoms with Crippen molar-refractivity contribution >= 4 is 30.1 Å². The van der Waals surface area contributed by atoms with Gasteiger partial charge < -0.3 is 20.6 Å². The standard InChI is InChI=1S/C30H44N6O4.ClH/c1-7-8-15-35-28(39)25(26(37)19(2)3)32-29(40)30(35)13-16-34(17-14-30)18-24-20(4)33-36(21(24)5)23-11-9-22(10-12-23)27(38)31-6;/h9-12,19,25-26,37H,7-8,13-18H2,1-6H3,(H,31,38)(H,32,40);1H/t25-,26-;/m1./s1. The summed E-state index contributed by atoms with van der Waals surface area (Å²) in [6, 6.07) is 6.48. The van der Waals surface area contributed by atoms with Crippen molar-refractivity contribution < 1.29 is 19.5 Å². The number of piperidine rings is 1. The smallest absolute Gasteiger partial charge is 0.251 e. The third kappa shape index (κ3) is 6.29.